The number of hydrogen-bond donors (Lipinski definition) is 2. The minimum absolute atomic E-state index is 0.338. The van der Waals surface area contributed by atoms with Crippen LogP contribution in [0.15, 0.2) is 24.4 Å². The van der Waals surface area contributed by atoms with E-state index in [4.69, 9.17) is 23.2 Å². The maximum absolute atomic E-state index is 6.19. The van der Waals surface area contributed by atoms with Crippen LogP contribution >= 0.6 is 23.2 Å². The third-order valence-electron chi connectivity index (χ3n) is 3.21. The summed E-state index contributed by atoms with van der Waals surface area (Å²) in [5, 5.41) is 4.69. The van der Waals surface area contributed by atoms with Gasteiger partial charge >= 0.3 is 0 Å². The summed E-state index contributed by atoms with van der Waals surface area (Å²) in [6.45, 7) is 1.06. The molecular formula is C13H13Cl2N3. The summed E-state index contributed by atoms with van der Waals surface area (Å²) in [5.41, 5.74) is 1.86. The molecule has 1 aromatic heterocycles. The number of rotatable bonds is 2. The molecule has 5 heteroatoms. The summed E-state index contributed by atoms with van der Waals surface area (Å²) < 4.78 is 0. The Morgan fingerprint density at radius 1 is 1.28 bits per heavy atom. The third-order valence-corrected chi connectivity index (χ3v) is 3.75. The van der Waals surface area contributed by atoms with Gasteiger partial charge in [-0.25, -0.2) is 4.98 Å². The molecule has 0 bridgehead atoms. The number of aromatic amines is 1. The second kappa shape index (κ2) is 4.92. The molecule has 0 aliphatic carbocycles. The van der Waals surface area contributed by atoms with E-state index in [1.807, 2.05) is 18.3 Å². The van der Waals surface area contributed by atoms with Gasteiger partial charge in [0.2, 0.25) is 0 Å². The van der Waals surface area contributed by atoms with E-state index in [9.17, 15) is 0 Å². The Labute approximate surface area is 116 Å². The predicted molar refractivity (Wildman–Crippen MR) is 74.0 cm³/mol. The zero-order valence-electron chi connectivity index (χ0n) is 9.71. The molecule has 0 amide bonds. The molecule has 0 unspecified atom stereocenters. The Bertz CT molecular complexity index is 559. The highest BCUT2D eigenvalue weighted by atomic mass is 35.5. The minimum Gasteiger partial charge on any atom is -0.341 e. The molecule has 1 saturated heterocycles. The molecule has 3 rings (SSSR count). The van der Waals surface area contributed by atoms with Crippen LogP contribution in [0.25, 0.3) is 11.3 Å². The lowest BCUT2D eigenvalue weighted by Gasteiger charge is -2.06. The van der Waals surface area contributed by atoms with Crippen LogP contribution in [-0.4, -0.2) is 16.5 Å². The van der Waals surface area contributed by atoms with Gasteiger partial charge in [-0.2, -0.15) is 0 Å². The topological polar surface area (TPSA) is 40.7 Å². The van der Waals surface area contributed by atoms with Gasteiger partial charge in [0.1, 0.15) is 5.82 Å². The number of nitrogens with one attached hydrogen (secondary N) is 2. The maximum atomic E-state index is 6.19. The standard InChI is InChI=1S/C13H13Cl2N3/c14-8-3-4-9(10(15)6-8)12-7-17-13(18-12)11-2-1-5-16-11/h3-4,6-7,11,16H,1-2,5H2,(H,17,18)/t11-/m0/s1. The minimum atomic E-state index is 0.338. The number of imidazole rings is 1. The highest BCUT2D eigenvalue weighted by Gasteiger charge is 2.19. The number of H-pyrrole nitrogens is 1. The first-order valence-electron chi connectivity index (χ1n) is 5.98. The summed E-state index contributed by atoms with van der Waals surface area (Å²) in [6.07, 6.45) is 4.15. The zero-order chi connectivity index (χ0) is 12.5. The van der Waals surface area contributed by atoms with Crippen LogP contribution in [0.2, 0.25) is 10.0 Å². The van der Waals surface area contributed by atoms with E-state index in [1.165, 1.54) is 6.42 Å². The van der Waals surface area contributed by atoms with Gasteiger partial charge in [0.05, 0.1) is 23.0 Å². The van der Waals surface area contributed by atoms with Crippen LogP contribution in [0.5, 0.6) is 0 Å². The molecule has 1 aliphatic heterocycles. The third kappa shape index (κ3) is 2.26. The summed E-state index contributed by atoms with van der Waals surface area (Å²) >= 11 is 12.1. The van der Waals surface area contributed by atoms with Crippen LogP contribution in [0, 0.1) is 0 Å². The van der Waals surface area contributed by atoms with Gasteiger partial charge in [-0.3, -0.25) is 0 Å². The van der Waals surface area contributed by atoms with Crippen molar-refractivity contribution in [2.45, 2.75) is 18.9 Å². The van der Waals surface area contributed by atoms with Crippen LogP contribution in [0.4, 0.5) is 0 Å². The zero-order valence-corrected chi connectivity index (χ0v) is 11.2. The van der Waals surface area contributed by atoms with Crippen molar-refractivity contribution in [3.05, 3.63) is 40.3 Å². The van der Waals surface area contributed by atoms with E-state index in [1.54, 1.807) is 6.07 Å². The van der Waals surface area contributed by atoms with Gasteiger partial charge in [-0.15, -0.1) is 0 Å². The Morgan fingerprint density at radius 3 is 2.89 bits per heavy atom. The number of aromatic nitrogens is 2. The van der Waals surface area contributed by atoms with Crippen LogP contribution < -0.4 is 5.32 Å². The number of hydrogen-bond acceptors (Lipinski definition) is 2. The average Bonchev–Trinajstić information content (AvgIpc) is 2.99. The van der Waals surface area contributed by atoms with Crippen molar-refractivity contribution < 1.29 is 0 Å². The van der Waals surface area contributed by atoms with Crippen LogP contribution in [0.1, 0.15) is 24.7 Å². The second-order valence-corrected chi connectivity index (χ2v) is 5.30. The molecule has 2 aromatic rings. The average molecular weight is 282 g/mol. The lowest BCUT2D eigenvalue weighted by Crippen LogP contribution is -2.14. The van der Waals surface area contributed by atoms with Gasteiger partial charge in [0.25, 0.3) is 0 Å². The van der Waals surface area contributed by atoms with Crippen LogP contribution in [0.3, 0.4) is 0 Å². The van der Waals surface area contributed by atoms with Crippen molar-refractivity contribution in [3.63, 3.8) is 0 Å². The molecule has 1 aromatic carbocycles. The summed E-state index contributed by atoms with van der Waals surface area (Å²) in [5.74, 6) is 0.980. The molecule has 1 aliphatic rings. The Balaban J connectivity index is 1.92. The quantitative estimate of drug-likeness (QED) is 0.879. The molecule has 0 saturated carbocycles. The molecule has 2 heterocycles. The molecular weight excluding hydrogens is 269 g/mol. The van der Waals surface area contributed by atoms with Crippen molar-refractivity contribution in [1.82, 2.24) is 15.3 Å². The number of nitrogens with zero attached hydrogens (tertiary/aromatic N) is 1. The summed E-state index contributed by atoms with van der Waals surface area (Å²) in [6, 6.07) is 5.82. The van der Waals surface area contributed by atoms with Gasteiger partial charge in [-0.1, -0.05) is 23.2 Å². The highest BCUT2D eigenvalue weighted by Crippen LogP contribution is 2.30. The van der Waals surface area contributed by atoms with E-state index >= 15 is 0 Å². The predicted octanol–water partition coefficient (Wildman–Crippen LogP) is 3.81. The van der Waals surface area contributed by atoms with Crippen molar-refractivity contribution >= 4 is 23.2 Å². The number of benzene rings is 1. The van der Waals surface area contributed by atoms with Gasteiger partial charge < -0.3 is 10.3 Å². The van der Waals surface area contributed by atoms with Crippen molar-refractivity contribution in [3.8, 4) is 11.3 Å². The highest BCUT2D eigenvalue weighted by molar-refractivity contribution is 6.36. The molecule has 3 nitrogen and oxygen atoms in total. The molecule has 18 heavy (non-hydrogen) atoms. The van der Waals surface area contributed by atoms with Crippen LogP contribution in [-0.2, 0) is 0 Å². The second-order valence-electron chi connectivity index (χ2n) is 4.46. The van der Waals surface area contributed by atoms with Crippen molar-refractivity contribution in [2.24, 2.45) is 0 Å². The Kier molecular flexibility index (Phi) is 3.29. The Hall–Kier alpha value is -1.03. The van der Waals surface area contributed by atoms with Crippen molar-refractivity contribution in [2.75, 3.05) is 6.54 Å². The van der Waals surface area contributed by atoms with Crippen molar-refractivity contribution in [1.29, 1.82) is 0 Å². The first kappa shape index (κ1) is 12.0. The van der Waals surface area contributed by atoms with E-state index in [0.717, 1.165) is 30.0 Å². The van der Waals surface area contributed by atoms with E-state index in [0.29, 0.717) is 16.1 Å². The molecule has 1 fully saturated rings. The summed E-state index contributed by atoms with van der Waals surface area (Å²) in [7, 11) is 0. The Morgan fingerprint density at radius 2 is 2.17 bits per heavy atom. The molecule has 2 N–H and O–H groups in total. The SMILES string of the molecule is Clc1ccc(-c2cnc([C@@H]3CCCN3)[nH]2)c(Cl)c1. The fraction of sp³-hybridized carbons (Fsp3) is 0.308. The first-order chi connectivity index (χ1) is 8.74. The first-order valence-corrected chi connectivity index (χ1v) is 6.73. The maximum Gasteiger partial charge on any atom is 0.123 e. The lowest BCUT2D eigenvalue weighted by molar-refractivity contribution is 0.613. The smallest absolute Gasteiger partial charge is 0.123 e. The molecule has 0 radical (unpaired) electrons. The fourth-order valence-electron chi connectivity index (χ4n) is 2.28. The van der Waals surface area contributed by atoms with E-state index in [-0.39, 0.29) is 0 Å². The largest absolute Gasteiger partial charge is 0.341 e. The molecule has 0 spiro atoms. The normalized spacial score (nSPS) is 19.3. The lowest BCUT2D eigenvalue weighted by atomic mass is 10.2. The molecule has 1 atom stereocenters. The number of halogens is 2. The molecule has 94 valence electrons. The van der Waals surface area contributed by atoms with E-state index < -0.39 is 0 Å². The van der Waals surface area contributed by atoms with Gasteiger partial charge in [0, 0.05) is 10.6 Å². The fourth-order valence-corrected chi connectivity index (χ4v) is 2.79. The summed E-state index contributed by atoms with van der Waals surface area (Å²) in [4.78, 5) is 7.76. The van der Waals surface area contributed by atoms with Gasteiger partial charge in [0.15, 0.2) is 0 Å². The van der Waals surface area contributed by atoms with Gasteiger partial charge in [-0.05, 0) is 37.6 Å². The monoisotopic (exact) mass is 281 g/mol. The van der Waals surface area contributed by atoms with E-state index in [2.05, 4.69) is 15.3 Å².